The van der Waals surface area contributed by atoms with Gasteiger partial charge in [-0.25, -0.2) is 0 Å². The van der Waals surface area contributed by atoms with Crippen molar-refractivity contribution in [1.82, 2.24) is 5.32 Å². The summed E-state index contributed by atoms with van der Waals surface area (Å²) in [5.41, 5.74) is 6.80. The first-order valence-electron chi connectivity index (χ1n) is 6.27. The summed E-state index contributed by atoms with van der Waals surface area (Å²) in [5, 5.41) is 3.56. The zero-order valence-corrected chi connectivity index (χ0v) is 11.9. The molecule has 0 radical (unpaired) electrons. The van der Waals surface area contributed by atoms with Gasteiger partial charge in [-0.15, -0.1) is 0 Å². The zero-order chi connectivity index (χ0) is 13.7. The molecule has 0 aliphatic carbocycles. The summed E-state index contributed by atoms with van der Waals surface area (Å²) in [4.78, 5) is 12.0. The number of hydrogen-bond acceptors (Lipinski definition) is 2. The molecule has 3 nitrogen and oxygen atoms in total. The third kappa shape index (κ3) is 3.72. The predicted octanol–water partition coefficient (Wildman–Crippen LogP) is 2.89. The van der Waals surface area contributed by atoms with Crippen LogP contribution in [0.25, 0.3) is 0 Å². The highest BCUT2D eigenvalue weighted by Gasteiger charge is 2.21. The summed E-state index contributed by atoms with van der Waals surface area (Å²) in [7, 11) is 0. The number of halogens is 1. The van der Waals surface area contributed by atoms with Crippen LogP contribution in [0.15, 0.2) is 24.3 Å². The molecule has 0 aliphatic heterocycles. The average Bonchev–Trinajstić information content (AvgIpc) is 2.37. The molecule has 0 bridgehead atoms. The lowest BCUT2D eigenvalue weighted by atomic mass is 9.98. The molecule has 0 heterocycles. The largest absolute Gasteiger partial charge is 0.348 e. The van der Waals surface area contributed by atoms with E-state index in [0.29, 0.717) is 5.02 Å². The second-order valence-electron chi connectivity index (χ2n) is 4.66. The molecule has 0 spiro atoms. The molecule has 1 unspecified atom stereocenters. The van der Waals surface area contributed by atoms with E-state index in [1.165, 1.54) is 0 Å². The highest BCUT2D eigenvalue weighted by atomic mass is 35.5. The van der Waals surface area contributed by atoms with Crippen molar-refractivity contribution < 1.29 is 4.79 Å². The standard InChI is InChI=1S/C14H21ClN2O/c1-4-9(2)13(16)14(18)17-10(3)11-7-5-6-8-12(11)15/h5-10,13H,4,16H2,1-3H3,(H,17,18)/t9?,10-,13-/m0/s1. The van der Waals surface area contributed by atoms with Gasteiger partial charge in [0, 0.05) is 5.02 Å². The van der Waals surface area contributed by atoms with Gasteiger partial charge < -0.3 is 11.1 Å². The Hall–Kier alpha value is -1.06. The lowest BCUT2D eigenvalue weighted by molar-refractivity contribution is -0.124. The maximum atomic E-state index is 12.0. The highest BCUT2D eigenvalue weighted by Crippen LogP contribution is 2.22. The van der Waals surface area contributed by atoms with E-state index in [1.54, 1.807) is 0 Å². The fourth-order valence-corrected chi connectivity index (χ4v) is 2.03. The Kier molecular flexibility index (Phi) is 5.63. The maximum Gasteiger partial charge on any atom is 0.237 e. The van der Waals surface area contributed by atoms with Crippen molar-refractivity contribution in [3.63, 3.8) is 0 Å². The molecule has 3 atom stereocenters. The van der Waals surface area contributed by atoms with Crippen LogP contribution in [0.5, 0.6) is 0 Å². The van der Waals surface area contributed by atoms with Gasteiger partial charge >= 0.3 is 0 Å². The number of amides is 1. The van der Waals surface area contributed by atoms with Crippen LogP contribution in [0.1, 0.15) is 38.8 Å². The van der Waals surface area contributed by atoms with Crippen LogP contribution in [-0.2, 0) is 4.79 Å². The molecule has 0 saturated heterocycles. The van der Waals surface area contributed by atoms with E-state index in [9.17, 15) is 4.79 Å². The van der Waals surface area contributed by atoms with Crippen LogP contribution >= 0.6 is 11.6 Å². The van der Waals surface area contributed by atoms with E-state index in [0.717, 1.165) is 12.0 Å². The van der Waals surface area contributed by atoms with E-state index in [1.807, 2.05) is 45.0 Å². The van der Waals surface area contributed by atoms with Gasteiger partial charge in [0.1, 0.15) is 0 Å². The van der Waals surface area contributed by atoms with Crippen LogP contribution in [0.2, 0.25) is 5.02 Å². The predicted molar refractivity (Wildman–Crippen MR) is 75.4 cm³/mol. The quantitative estimate of drug-likeness (QED) is 0.863. The van der Waals surface area contributed by atoms with E-state index in [2.05, 4.69) is 5.32 Å². The summed E-state index contributed by atoms with van der Waals surface area (Å²) < 4.78 is 0. The number of carbonyl (C=O) groups is 1. The molecule has 3 N–H and O–H groups in total. The summed E-state index contributed by atoms with van der Waals surface area (Å²) in [6.45, 7) is 5.90. The summed E-state index contributed by atoms with van der Waals surface area (Å²) in [6.07, 6.45) is 0.884. The molecule has 4 heteroatoms. The third-order valence-electron chi connectivity index (χ3n) is 3.29. The summed E-state index contributed by atoms with van der Waals surface area (Å²) in [6, 6.07) is 6.88. The van der Waals surface area contributed by atoms with Gasteiger partial charge in [-0.2, -0.15) is 0 Å². The lowest BCUT2D eigenvalue weighted by Crippen LogP contribution is -2.45. The van der Waals surface area contributed by atoms with Gasteiger partial charge in [0.25, 0.3) is 0 Å². The van der Waals surface area contributed by atoms with Crippen LogP contribution in [-0.4, -0.2) is 11.9 Å². The Morgan fingerprint density at radius 1 is 1.39 bits per heavy atom. The van der Waals surface area contributed by atoms with Crippen molar-refractivity contribution in [2.45, 2.75) is 39.3 Å². The monoisotopic (exact) mass is 268 g/mol. The number of rotatable bonds is 5. The van der Waals surface area contributed by atoms with Crippen molar-refractivity contribution >= 4 is 17.5 Å². The molecule has 1 amide bonds. The van der Waals surface area contributed by atoms with Crippen molar-refractivity contribution in [2.24, 2.45) is 11.7 Å². The Labute approximate surface area is 114 Å². The minimum Gasteiger partial charge on any atom is -0.348 e. The smallest absolute Gasteiger partial charge is 0.237 e. The number of carbonyl (C=O) groups excluding carboxylic acids is 1. The fraction of sp³-hybridized carbons (Fsp3) is 0.500. The van der Waals surface area contributed by atoms with E-state index < -0.39 is 6.04 Å². The van der Waals surface area contributed by atoms with Gasteiger partial charge in [-0.3, -0.25) is 4.79 Å². The SMILES string of the molecule is CCC(C)[C@H](N)C(=O)N[C@@H](C)c1ccccc1Cl. The third-order valence-corrected chi connectivity index (χ3v) is 3.63. The second kappa shape index (κ2) is 6.76. The van der Waals surface area contributed by atoms with Crippen molar-refractivity contribution in [3.05, 3.63) is 34.9 Å². The number of benzene rings is 1. The van der Waals surface area contributed by atoms with Gasteiger partial charge in [0.05, 0.1) is 12.1 Å². The molecule has 100 valence electrons. The van der Waals surface area contributed by atoms with Crippen LogP contribution in [0, 0.1) is 5.92 Å². The van der Waals surface area contributed by atoms with Crippen molar-refractivity contribution in [3.8, 4) is 0 Å². The molecular weight excluding hydrogens is 248 g/mol. The maximum absolute atomic E-state index is 12.0. The van der Waals surface area contributed by atoms with Gasteiger partial charge in [-0.05, 0) is 24.5 Å². The van der Waals surface area contributed by atoms with E-state index in [-0.39, 0.29) is 17.9 Å². The van der Waals surface area contributed by atoms with Crippen molar-refractivity contribution in [1.29, 1.82) is 0 Å². The molecule has 0 aliphatic rings. The van der Waals surface area contributed by atoms with Gasteiger partial charge in [0.2, 0.25) is 5.91 Å². The van der Waals surface area contributed by atoms with Crippen LogP contribution in [0.3, 0.4) is 0 Å². The first-order chi connectivity index (χ1) is 8.47. The topological polar surface area (TPSA) is 55.1 Å². The van der Waals surface area contributed by atoms with Gasteiger partial charge in [0.15, 0.2) is 0 Å². The zero-order valence-electron chi connectivity index (χ0n) is 11.1. The fourth-order valence-electron chi connectivity index (χ4n) is 1.73. The van der Waals surface area contributed by atoms with Crippen molar-refractivity contribution in [2.75, 3.05) is 0 Å². The molecule has 0 fully saturated rings. The minimum atomic E-state index is -0.472. The summed E-state index contributed by atoms with van der Waals surface area (Å²) in [5.74, 6) is 0.0419. The van der Waals surface area contributed by atoms with E-state index >= 15 is 0 Å². The Morgan fingerprint density at radius 3 is 2.56 bits per heavy atom. The Balaban J connectivity index is 2.68. The first-order valence-corrected chi connectivity index (χ1v) is 6.65. The lowest BCUT2D eigenvalue weighted by Gasteiger charge is -2.21. The Bertz CT molecular complexity index is 409. The second-order valence-corrected chi connectivity index (χ2v) is 5.07. The van der Waals surface area contributed by atoms with E-state index in [4.69, 9.17) is 17.3 Å². The number of hydrogen-bond donors (Lipinski definition) is 2. The number of nitrogens with two attached hydrogens (primary N) is 1. The molecule has 0 aromatic heterocycles. The summed E-state index contributed by atoms with van der Waals surface area (Å²) >= 11 is 6.09. The minimum absolute atomic E-state index is 0.128. The first kappa shape index (κ1) is 15.0. The molecule has 0 saturated carbocycles. The molecule has 1 rings (SSSR count). The van der Waals surface area contributed by atoms with Crippen LogP contribution in [0.4, 0.5) is 0 Å². The number of nitrogens with one attached hydrogen (secondary N) is 1. The highest BCUT2D eigenvalue weighted by molar-refractivity contribution is 6.31. The average molecular weight is 269 g/mol. The molecule has 1 aromatic rings. The molecular formula is C14H21ClN2O. The molecule has 1 aromatic carbocycles. The Morgan fingerprint density at radius 2 is 2.00 bits per heavy atom. The van der Waals surface area contributed by atoms with Crippen LogP contribution < -0.4 is 11.1 Å². The normalized spacial score (nSPS) is 15.8. The molecule has 18 heavy (non-hydrogen) atoms. The van der Waals surface area contributed by atoms with Gasteiger partial charge in [-0.1, -0.05) is 50.1 Å².